The molecular formula is C15H18N4OS. The van der Waals surface area contributed by atoms with Gasteiger partial charge in [-0.3, -0.25) is 15.0 Å². The van der Waals surface area contributed by atoms with Crippen molar-refractivity contribution in [3.05, 3.63) is 40.4 Å². The number of fused-ring (bicyclic) bond motifs is 1. The molecule has 0 fully saturated rings. The van der Waals surface area contributed by atoms with E-state index in [-0.39, 0.29) is 5.91 Å². The Morgan fingerprint density at radius 3 is 2.90 bits per heavy atom. The number of nitrogens with one attached hydrogen (secondary N) is 1. The minimum atomic E-state index is -0.0202. The summed E-state index contributed by atoms with van der Waals surface area (Å²) in [6.45, 7) is 4.17. The first-order chi connectivity index (χ1) is 10.2. The number of carbonyl (C=O) groups is 1. The zero-order valence-electron chi connectivity index (χ0n) is 12.0. The van der Waals surface area contributed by atoms with Crippen LogP contribution in [0.3, 0.4) is 0 Å². The van der Waals surface area contributed by atoms with E-state index >= 15 is 0 Å². The second kappa shape index (κ2) is 6.32. The van der Waals surface area contributed by atoms with E-state index in [1.807, 2.05) is 6.92 Å². The van der Waals surface area contributed by atoms with Crippen molar-refractivity contribution in [3.63, 3.8) is 0 Å². The van der Waals surface area contributed by atoms with Crippen molar-refractivity contribution in [3.8, 4) is 0 Å². The van der Waals surface area contributed by atoms with Crippen LogP contribution in [0.1, 0.15) is 23.1 Å². The molecule has 3 rings (SSSR count). The second-order valence-electron chi connectivity index (χ2n) is 5.13. The molecule has 2 aromatic rings. The number of hydrogen-bond acceptors (Lipinski definition) is 5. The van der Waals surface area contributed by atoms with Gasteiger partial charge in [0, 0.05) is 13.1 Å². The molecule has 6 heteroatoms. The third kappa shape index (κ3) is 3.46. The lowest BCUT2D eigenvalue weighted by atomic mass is 10.00. The number of hydrogen-bond donors (Lipinski definition) is 1. The van der Waals surface area contributed by atoms with Gasteiger partial charge in [-0.25, -0.2) is 0 Å². The summed E-state index contributed by atoms with van der Waals surface area (Å²) in [6, 6.07) is 8.43. The zero-order chi connectivity index (χ0) is 14.7. The lowest BCUT2D eigenvalue weighted by molar-refractivity contribution is -0.117. The number of aromatic nitrogens is 2. The average Bonchev–Trinajstić information content (AvgIpc) is 2.94. The van der Waals surface area contributed by atoms with E-state index < -0.39 is 0 Å². The van der Waals surface area contributed by atoms with E-state index in [1.165, 1.54) is 22.5 Å². The van der Waals surface area contributed by atoms with Gasteiger partial charge in [0.15, 0.2) is 0 Å². The first kappa shape index (κ1) is 14.2. The lowest BCUT2D eigenvalue weighted by Gasteiger charge is -2.27. The fourth-order valence-electron chi connectivity index (χ4n) is 2.50. The number of aryl methyl sites for hydroxylation is 1. The summed E-state index contributed by atoms with van der Waals surface area (Å²) in [4.78, 5) is 14.2. The SMILES string of the molecule is CCc1nnc(NC(=O)CN2CCc3ccccc3C2)s1. The Labute approximate surface area is 128 Å². The molecule has 1 aliphatic rings. The van der Waals surface area contributed by atoms with Crippen LogP contribution in [0, 0.1) is 0 Å². The van der Waals surface area contributed by atoms with Crippen LogP contribution in [-0.2, 0) is 24.2 Å². The number of rotatable bonds is 4. The van der Waals surface area contributed by atoms with Gasteiger partial charge in [-0.1, -0.05) is 42.5 Å². The van der Waals surface area contributed by atoms with E-state index in [2.05, 4.69) is 44.7 Å². The standard InChI is InChI=1S/C15H18N4OS/c1-2-14-17-18-15(21-14)16-13(20)10-19-8-7-11-5-3-4-6-12(11)9-19/h3-6H,2,7-10H2,1H3,(H,16,18,20). The molecule has 0 bridgehead atoms. The molecule has 1 aliphatic heterocycles. The van der Waals surface area contributed by atoms with Gasteiger partial charge in [0.2, 0.25) is 11.0 Å². The van der Waals surface area contributed by atoms with Gasteiger partial charge in [0.1, 0.15) is 5.01 Å². The maximum Gasteiger partial charge on any atom is 0.240 e. The van der Waals surface area contributed by atoms with Gasteiger partial charge in [0.05, 0.1) is 6.54 Å². The fourth-order valence-corrected chi connectivity index (χ4v) is 3.19. The van der Waals surface area contributed by atoms with Crippen LogP contribution in [0.5, 0.6) is 0 Å². The number of nitrogens with zero attached hydrogens (tertiary/aromatic N) is 3. The van der Waals surface area contributed by atoms with Crippen molar-refractivity contribution in [2.45, 2.75) is 26.3 Å². The largest absolute Gasteiger partial charge is 0.299 e. The van der Waals surface area contributed by atoms with Crippen molar-refractivity contribution in [2.24, 2.45) is 0 Å². The summed E-state index contributed by atoms with van der Waals surface area (Å²) in [5.74, 6) is -0.0202. The maximum atomic E-state index is 12.1. The lowest BCUT2D eigenvalue weighted by Crippen LogP contribution is -2.37. The third-order valence-electron chi connectivity index (χ3n) is 3.59. The Morgan fingerprint density at radius 1 is 1.33 bits per heavy atom. The molecule has 1 N–H and O–H groups in total. The van der Waals surface area contributed by atoms with Crippen molar-refractivity contribution in [1.29, 1.82) is 0 Å². The van der Waals surface area contributed by atoms with Gasteiger partial charge < -0.3 is 0 Å². The molecule has 0 aliphatic carbocycles. The normalized spacial score (nSPS) is 14.7. The Hall–Kier alpha value is -1.79. The van der Waals surface area contributed by atoms with E-state index in [9.17, 15) is 4.79 Å². The van der Waals surface area contributed by atoms with E-state index in [4.69, 9.17) is 0 Å². The van der Waals surface area contributed by atoms with E-state index in [0.717, 1.165) is 30.9 Å². The van der Waals surface area contributed by atoms with E-state index in [0.29, 0.717) is 11.7 Å². The number of benzene rings is 1. The van der Waals surface area contributed by atoms with Crippen LogP contribution in [0.25, 0.3) is 0 Å². The summed E-state index contributed by atoms with van der Waals surface area (Å²) in [5, 5.41) is 12.3. The predicted octanol–water partition coefficient (Wildman–Crippen LogP) is 2.10. The van der Waals surface area contributed by atoms with Crippen LogP contribution >= 0.6 is 11.3 Å². The minimum Gasteiger partial charge on any atom is -0.299 e. The molecule has 1 aromatic carbocycles. The highest BCUT2D eigenvalue weighted by Gasteiger charge is 2.18. The monoisotopic (exact) mass is 302 g/mol. The summed E-state index contributed by atoms with van der Waals surface area (Å²) < 4.78 is 0. The van der Waals surface area contributed by atoms with Crippen LogP contribution in [0.2, 0.25) is 0 Å². The predicted molar refractivity (Wildman–Crippen MR) is 83.3 cm³/mol. The number of amides is 1. The molecule has 0 spiro atoms. The average molecular weight is 302 g/mol. The molecule has 2 heterocycles. The van der Waals surface area contributed by atoms with Gasteiger partial charge in [-0.2, -0.15) is 0 Å². The highest BCUT2D eigenvalue weighted by molar-refractivity contribution is 7.15. The molecule has 1 aromatic heterocycles. The maximum absolute atomic E-state index is 12.1. The molecule has 0 saturated heterocycles. The van der Waals surface area contributed by atoms with E-state index in [1.54, 1.807) is 0 Å². The smallest absolute Gasteiger partial charge is 0.240 e. The molecule has 0 unspecified atom stereocenters. The number of carbonyl (C=O) groups excluding carboxylic acids is 1. The van der Waals surface area contributed by atoms with Crippen molar-refractivity contribution >= 4 is 22.4 Å². The van der Waals surface area contributed by atoms with Crippen LogP contribution in [0.4, 0.5) is 5.13 Å². The summed E-state index contributed by atoms with van der Waals surface area (Å²) >= 11 is 1.44. The Balaban J connectivity index is 1.56. The van der Waals surface area contributed by atoms with Crippen LogP contribution in [-0.4, -0.2) is 34.1 Å². The first-order valence-corrected chi connectivity index (χ1v) is 7.97. The Morgan fingerprint density at radius 2 is 2.14 bits per heavy atom. The molecule has 0 saturated carbocycles. The van der Waals surface area contributed by atoms with Gasteiger partial charge in [-0.05, 0) is 24.0 Å². The first-order valence-electron chi connectivity index (χ1n) is 7.16. The summed E-state index contributed by atoms with van der Waals surface area (Å²) in [6.07, 6.45) is 1.85. The van der Waals surface area contributed by atoms with Crippen molar-refractivity contribution in [2.75, 3.05) is 18.4 Å². The molecule has 21 heavy (non-hydrogen) atoms. The van der Waals surface area contributed by atoms with Crippen LogP contribution < -0.4 is 5.32 Å². The Kier molecular flexibility index (Phi) is 4.26. The van der Waals surface area contributed by atoms with Crippen molar-refractivity contribution < 1.29 is 4.79 Å². The van der Waals surface area contributed by atoms with Crippen molar-refractivity contribution in [1.82, 2.24) is 15.1 Å². The molecule has 5 nitrogen and oxygen atoms in total. The highest BCUT2D eigenvalue weighted by Crippen LogP contribution is 2.19. The fraction of sp³-hybridized carbons (Fsp3) is 0.400. The quantitative estimate of drug-likeness (QED) is 0.939. The topological polar surface area (TPSA) is 58.1 Å². The second-order valence-corrected chi connectivity index (χ2v) is 6.19. The molecule has 110 valence electrons. The summed E-state index contributed by atoms with van der Waals surface area (Å²) in [5.41, 5.74) is 2.71. The molecule has 0 atom stereocenters. The third-order valence-corrected chi connectivity index (χ3v) is 4.58. The van der Waals surface area contributed by atoms with Gasteiger partial charge in [0.25, 0.3) is 0 Å². The zero-order valence-corrected chi connectivity index (χ0v) is 12.8. The van der Waals surface area contributed by atoms with Crippen LogP contribution in [0.15, 0.2) is 24.3 Å². The highest BCUT2D eigenvalue weighted by atomic mass is 32.1. The minimum absolute atomic E-state index is 0.0202. The number of anilines is 1. The molecule has 1 amide bonds. The molecule has 0 radical (unpaired) electrons. The molecular weight excluding hydrogens is 284 g/mol. The van der Waals surface area contributed by atoms with Gasteiger partial charge in [-0.15, -0.1) is 10.2 Å². The Bertz CT molecular complexity index is 640. The van der Waals surface area contributed by atoms with Gasteiger partial charge >= 0.3 is 0 Å². The summed E-state index contributed by atoms with van der Waals surface area (Å²) in [7, 11) is 0.